The largest absolute Gasteiger partial charge is 0.481 e. The van der Waals surface area contributed by atoms with Gasteiger partial charge in [-0.3, -0.25) is 14.5 Å². The number of hydrogen-bond acceptors (Lipinski definition) is 3. The lowest BCUT2D eigenvalue weighted by atomic mass is 10.1. The number of anilines is 1. The maximum atomic E-state index is 10.9. The Labute approximate surface area is 118 Å². The first kappa shape index (κ1) is 14.5. The number of nitrogens with one attached hydrogen (secondary N) is 1. The smallest absolute Gasteiger partial charge is 0.303 e. The molecular weight excluding hydrogens is 256 g/mol. The lowest BCUT2D eigenvalue weighted by molar-refractivity contribution is -0.138. The topological polar surface area (TPSA) is 69.6 Å². The number of nitrogens with zero attached hydrogens (tertiary/aromatic N) is 1. The van der Waals surface area contributed by atoms with E-state index in [9.17, 15) is 9.59 Å². The average molecular weight is 276 g/mol. The Morgan fingerprint density at radius 1 is 1.35 bits per heavy atom. The quantitative estimate of drug-likeness (QED) is 0.862. The van der Waals surface area contributed by atoms with Gasteiger partial charge in [0.2, 0.25) is 5.91 Å². The van der Waals surface area contributed by atoms with Crippen molar-refractivity contribution in [2.75, 3.05) is 18.4 Å². The maximum Gasteiger partial charge on any atom is 0.303 e. The van der Waals surface area contributed by atoms with Gasteiger partial charge in [-0.2, -0.15) is 0 Å². The number of hydrogen-bond donors (Lipinski definition) is 2. The summed E-state index contributed by atoms with van der Waals surface area (Å²) in [6.07, 6.45) is 1.22. The van der Waals surface area contributed by atoms with Crippen LogP contribution in [0, 0.1) is 5.92 Å². The molecule has 1 aliphatic heterocycles. The van der Waals surface area contributed by atoms with Crippen molar-refractivity contribution in [2.45, 2.75) is 26.3 Å². The van der Waals surface area contributed by atoms with Crippen LogP contribution in [0.4, 0.5) is 5.69 Å². The van der Waals surface area contributed by atoms with Gasteiger partial charge in [0.25, 0.3) is 0 Å². The Balaban J connectivity index is 1.85. The summed E-state index contributed by atoms with van der Waals surface area (Å²) in [5, 5.41) is 11.5. The molecule has 2 N–H and O–H groups in total. The molecule has 0 aromatic heterocycles. The molecule has 0 aliphatic carbocycles. The number of rotatable bonds is 5. The van der Waals surface area contributed by atoms with Crippen LogP contribution in [0.25, 0.3) is 0 Å². The molecular formula is C15H20N2O3. The van der Waals surface area contributed by atoms with Crippen molar-refractivity contribution < 1.29 is 14.7 Å². The van der Waals surface area contributed by atoms with Crippen molar-refractivity contribution >= 4 is 17.6 Å². The van der Waals surface area contributed by atoms with E-state index in [4.69, 9.17) is 5.11 Å². The van der Waals surface area contributed by atoms with Crippen molar-refractivity contribution in [3.05, 3.63) is 29.8 Å². The molecule has 1 fully saturated rings. The minimum atomic E-state index is -0.712. The van der Waals surface area contributed by atoms with Crippen LogP contribution in [0.1, 0.15) is 25.3 Å². The summed E-state index contributed by atoms with van der Waals surface area (Å²) in [5.41, 5.74) is 1.97. The third-order valence-electron chi connectivity index (χ3n) is 3.51. The van der Waals surface area contributed by atoms with E-state index >= 15 is 0 Å². The van der Waals surface area contributed by atoms with Crippen LogP contribution in [0.3, 0.4) is 0 Å². The lowest BCUT2D eigenvalue weighted by Gasteiger charge is -2.16. The first-order chi connectivity index (χ1) is 9.52. The Morgan fingerprint density at radius 2 is 2.05 bits per heavy atom. The molecule has 0 saturated carbocycles. The predicted octanol–water partition coefficient (Wildman–Crippen LogP) is 1.94. The molecule has 1 aromatic carbocycles. The second-order valence-electron chi connectivity index (χ2n) is 5.37. The molecule has 1 saturated heterocycles. The molecule has 1 unspecified atom stereocenters. The highest BCUT2D eigenvalue weighted by Crippen LogP contribution is 2.21. The van der Waals surface area contributed by atoms with Gasteiger partial charge in [0.1, 0.15) is 0 Å². The summed E-state index contributed by atoms with van der Waals surface area (Å²) in [4.78, 5) is 23.9. The van der Waals surface area contributed by atoms with Crippen LogP contribution >= 0.6 is 0 Å². The number of carbonyl (C=O) groups is 2. The highest BCUT2D eigenvalue weighted by Gasteiger charge is 2.24. The van der Waals surface area contributed by atoms with Gasteiger partial charge in [0.15, 0.2) is 0 Å². The molecule has 5 heteroatoms. The van der Waals surface area contributed by atoms with Crippen molar-refractivity contribution in [1.82, 2.24) is 4.90 Å². The van der Waals surface area contributed by atoms with Gasteiger partial charge in [-0.15, -0.1) is 0 Å². The second-order valence-corrected chi connectivity index (χ2v) is 5.37. The van der Waals surface area contributed by atoms with Gasteiger partial charge in [-0.05, 0) is 36.6 Å². The molecule has 2 rings (SSSR count). The summed E-state index contributed by atoms with van der Waals surface area (Å²) < 4.78 is 0. The summed E-state index contributed by atoms with van der Waals surface area (Å²) in [6, 6.07) is 7.77. The number of carboxylic acids is 1. The molecule has 0 radical (unpaired) electrons. The molecule has 108 valence electrons. The van der Waals surface area contributed by atoms with Crippen LogP contribution in [-0.4, -0.2) is 35.0 Å². The third kappa shape index (κ3) is 4.35. The number of likely N-dealkylation sites (tertiary alicyclic amines) is 1. The molecule has 1 amide bonds. The molecule has 20 heavy (non-hydrogen) atoms. The van der Waals surface area contributed by atoms with Crippen molar-refractivity contribution in [2.24, 2.45) is 5.92 Å². The number of benzene rings is 1. The molecule has 1 aliphatic rings. The van der Waals surface area contributed by atoms with Gasteiger partial charge in [-0.25, -0.2) is 0 Å². The normalized spacial score (nSPS) is 18.9. The van der Waals surface area contributed by atoms with E-state index in [1.54, 1.807) is 0 Å². The SMILES string of the molecule is CC(=O)Nc1ccc(CN2CCC(CC(=O)O)C2)cc1. The molecule has 1 atom stereocenters. The van der Waals surface area contributed by atoms with Gasteiger partial charge in [0, 0.05) is 32.1 Å². The van der Waals surface area contributed by atoms with E-state index in [1.807, 2.05) is 24.3 Å². The zero-order valence-corrected chi connectivity index (χ0v) is 11.6. The van der Waals surface area contributed by atoms with Crippen molar-refractivity contribution in [3.8, 4) is 0 Å². The highest BCUT2D eigenvalue weighted by atomic mass is 16.4. The van der Waals surface area contributed by atoms with E-state index in [0.717, 1.165) is 31.7 Å². The maximum absolute atomic E-state index is 10.9. The molecule has 1 aromatic rings. The minimum absolute atomic E-state index is 0.0752. The van der Waals surface area contributed by atoms with Crippen LogP contribution in [0.15, 0.2) is 24.3 Å². The molecule has 5 nitrogen and oxygen atoms in total. The van der Waals surface area contributed by atoms with Gasteiger partial charge in [0.05, 0.1) is 0 Å². The fraction of sp³-hybridized carbons (Fsp3) is 0.467. The molecule has 0 spiro atoms. The molecule has 0 bridgehead atoms. The summed E-state index contributed by atoms with van der Waals surface area (Å²) in [6.45, 7) is 4.11. The van der Waals surface area contributed by atoms with Crippen LogP contribution in [0.2, 0.25) is 0 Å². The van der Waals surface area contributed by atoms with Crippen LogP contribution in [-0.2, 0) is 16.1 Å². The van der Waals surface area contributed by atoms with Gasteiger partial charge in [-0.1, -0.05) is 12.1 Å². The van der Waals surface area contributed by atoms with Crippen molar-refractivity contribution in [3.63, 3.8) is 0 Å². The van der Waals surface area contributed by atoms with Crippen LogP contribution < -0.4 is 5.32 Å². The predicted molar refractivity (Wildman–Crippen MR) is 76.4 cm³/mol. The van der Waals surface area contributed by atoms with Crippen LogP contribution in [0.5, 0.6) is 0 Å². The summed E-state index contributed by atoms with van der Waals surface area (Å²) in [5.74, 6) is -0.517. The average Bonchev–Trinajstić information content (AvgIpc) is 2.77. The zero-order valence-electron chi connectivity index (χ0n) is 11.6. The lowest BCUT2D eigenvalue weighted by Crippen LogP contribution is -2.20. The Bertz CT molecular complexity index is 484. The number of carbonyl (C=O) groups excluding carboxylic acids is 1. The highest BCUT2D eigenvalue weighted by molar-refractivity contribution is 5.88. The Hall–Kier alpha value is -1.88. The van der Waals surface area contributed by atoms with E-state index < -0.39 is 5.97 Å². The first-order valence-corrected chi connectivity index (χ1v) is 6.83. The number of amides is 1. The third-order valence-corrected chi connectivity index (χ3v) is 3.51. The monoisotopic (exact) mass is 276 g/mol. The number of carboxylic acid groups (broad SMARTS) is 1. The second kappa shape index (κ2) is 6.52. The summed E-state index contributed by atoms with van der Waals surface area (Å²) in [7, 11) is 0. The van der Waals surface area contributed by atoms with E-state index in [0.29, 0.717) is 0 Å². The van der Waals surface area contributed by atoms with E-state index in [1.165, 1.54) is 12.5 Å². The van der Waals surface area contributed by atoms with Gasteiger partial charge >= 0.3 is 5.97 Å². The number of aliphatic carboxylic acids is 1. The minimum Gasteiger partial charge on any atom is -0.481 e. The first-order valence-electron chi connectivity index (χ1n) is 6.83. The van der Waals surface area contributed by atoms with Crippen molar-refractivity contribution in [1.29, 1.82) is 0 Å². The van der Waals surface area contributed by atoms with E-state index in [-0.39, 0.29) is 18.2 Å². The zero-order chi connectivity index (χ0) is 14.5. The van der Waals surface area contributed by atoms with E-state index in [2.05, 4.69) is 10.2 Å². The Morgan fingerprint density at radius 3 is 2.65 bits per heavy atom. The fourth-order valence-electron chi connectivity index (χ4n) is 2.62. The molecule has 1 heterocycles. The Kier molecular flexibility index (Phi) is 4.74. The van der Waals surface area contributed by atoms with Gasteiger partial charge < -0.3 is 10.4 Å². The fourth-order valence-corrected chi connectivity index (χ4v) is 2.62. The summed E-state index contributed by atoms with van der Waals surface area (Å²) >= 11 is 0. The standard InChI is InChI=1S/C15H20N2O3/c1-11(18)16-14-4-2-12(3-5-14)9-17-7-6-13(10-17)8-15(19)20/h2-5,13H,6-10H2,1H3,(H,16,18)(H,19,20).